The summed E-state index contributed by atoms with van der Waals surface area (Å²) in [6.45, 7) is 2.89. The molecule has 5 heteroatoms. The molecule has 0 saturated carbocycles. The molecule has 0 aromatic carbocycles. The Morgan fingerprint density at radius 3 is 2.84 bits per heavy atom. The fourth-order valence-electron chi connectivity index (χ4n) is 2.24. The van der Waals surface area contributed by atoms with Gasteiger partial charge in [-0.3, -0.25) is 4.79 Å². The molecule has 0 spiro atoms. The lowest BCUT2D eigenvalue weighted by Gasteiger charge is -2.32. The molecule has 2 rings (SSSR count). The molecule has 0 atom stereocenters. The molecule has 19 heavy (non-hydrogen) atoms. The third kappa shape index (κ3) is 4.60. The number of likely N-dealkylation sites (tertiary alicyclic amines) is 1. The molecule has 4 nitrogen and oxygen atoms in total. The van der Waals surface area contributed by atoms with Gasteiger partial charge < -0.3 is 14.4 Å². The van der Waals surface area contributed by atoms with E-state index in [1.165, 1.54) is 0 Å². The van der Waals surface area contributed by atoms with Crippen molar-refractivity contribution in [2.75, 3.05) is 33.4 Å². The fraction of sp³-hybridized carbons (Fsp3) is 0.643. The summed E-state index contributed by atoms with van der Waals surface area (Å²) in [6, 6.07) is 4.01. The minimum absolute atomic E-state index is 0.234. The second kappa shape index (κ2) is 7.62. The Hall–Kier alpha value is -0.910. The maximum absolute atomic E-state index is 12.1. The predicted octanol–water partition coefficient (Wildman–Crippen LogP) is 1.94. The quantitative estimate of drug-likeness (QED) is 0.749. The van der Waals surface area contributed by atoms with Crippen molar-refractivity contribution in [3.05, 3.63) is 22.4 Å². The zero-order valence-corrected chi connectivity index (χ0v) is 12.2. The monoisotopic (exact) mass is 283 g/mol. The summed E-state index contributed by atoms with van der Waals surface area (Å²) < 4.78 is 10.7. The Morgan fingerprint density at radius 2 is 2.21 bits per heavy atom. The van der Waals surface area contributed by atoms with Crippen molar-refractivity contribution in [1.29, 1.82) is 0 Å². The van der Waals surface area contributed by atoms with Crippen LogP contribution in [0.4, 0.5) is 0 Å². The van der Waals surface area contributed by atoms with Crippen LogP contribution in [-0.4, -0.2) is 50.3 Å². The number of hydrogen-bond donors (Lipinski definition) is 0. The summed E-state index contributed by atoms with van der Waals surface area (Å²) in [7, 11) is 1.68. The summed E-state index contributed by atoms with van der Waals surface area (Å²) in [5, 5.41) is 2.01. The van der Waals surface area contributed by atoms with Crippen LogP contribution in [0.3, 0.4) is 0 Å². The molecule has 1 aliphatic rings. The molecule has 1 aromatic rings. The smallest absolute Gasteiger partial charge is 0.227 e. The zero-order chi connectivity index (χ0) is 13.5. The Kier molecular flexibility index (Phi) is 5.82. The first-order valence-corrected chi connectivity index (χ1v) is 7.58. The number of nitrogens with zero attached hydrogens (tertiary/aromatic N) is 1. The van der Waals surface area contributed by atoms with E-state index < -0.39 is 0 Å². The van der Waals surface area contributed by atoms with Gasteiger partial charge in [0.1, 0.15) is 0 Å². The van der Waals surface area contributed by atoms with E-state index in [4.69, 9.17) is 9.47 Å². The van der Waals surface area contributed by atoms with E-state index >= 15 is 0 Å². The second-order valence-electron chi connectivity index (χ2n) is 4.70. The first-order chi connectivity index (χ1) is 9.29. The van der Waals surface area contributed by atoms with E-state index in [0.29, 0.717) is 19.6 Å². The van der Waals surface area contributed by atoms with Crippen molar-refractivity contribution in [3.63, 3.8) is 0 Å². The summed E-state index contributed by atoms with van der Waals surface area (Å²) in [5.74, 6) is 0.234. The van der Waals surface area contributed by atoms with Crippen LogP contribution in [0.25, 0.3) is 0 Å². The molecular formula is C14H21NO3S. The van der Waals surface area contributed by atoms with Gasteiger partial charge in [-0.1, -0.05) is 6.07 Å². The number of carbonyl (C=O) groups is 1. The maximum atomic E-state index is 12.1. The summed E-state index contributed by atoms with van der Waals surface area (Å²) in [4.78, 5) is 15.2. The summed E-state index contributed by atoms with van der Waals surface area (Å²) in [5.41, 5.74) is 0. The lowest BCUT2D eigenvalue weighted by atomic mass is 10.1. The highest BCUT2D eigenvalue weighted by atomic mass is 32.1. The number of rotatable bonds is 6. The molecule has 0 unspecified atom stereocenters. The van der Waals surface area contributed by atoms with E-state index in [9.17, 15) is 4.79 Å². The number of thiophene rings is 1. The van der Waals surface area contributed by atoms with Gasteiger partial charge in [-0.15, -0.1) is 11.3 Å². The van der Waals surface area contributed by atoms with Crippen LogP contribution in [0.2, 0.25) is 0 Å². The molecule has 1 aliphatic heterocycles. The standard InChI is InChI=1S/C14H21NO3S/c1-17-8-9-18-12-4-6-15(7-5-12)14(16)11-13-3-2-10-19-13/h2-3,10,12H,4-9,11H2,1H3. The van der Waals surface area contributed by atoms with Crippen LogP contribution in [0.15, 0.2) is 17.5 Å². The predicted molar refractivity (Wildman–Crippen MR) is 75.5 cm³/mol. The molecule has 0 aliphatic carbocycles. The van der Waals surface area contributed by atoms with Gasteiger partial charge in [0.2, 0.25) is 5.91 Å². The number of ether oxygens (including phenoxy) is 2. The van der Waals surface area contributed by atoms with Crippen LogP contribution in [-0.2, 0) is 20.7 Å². The van der Waals surface area contributed by atoms with Gasteiger partial charge in [0.25, 0.3) is 0 Å². The topological polar surface area (TPSA) is 38.8 Å². The molecule has 106 valence electrons. The van der Waals surface area contributed by atoms with Crippen molar-refractivity contribution in [3.8, 4) is 0 Å². The lowest BCUT2D eigenvalue weighted by molar-refractivity contribution is -0.133. The Balaban J connectivity index is 1.69. The van der Waals surface area contributed by atoms with Gasteiger partial charge in [0.15, 0.2) is 0 Å². The molecule has 1 aromatic heterocycles. The van der Waals surface area contributed by atoms with Gasteiger partial charge in [-0.05, 0) is 24.3 Å². The highest BCUT2D eigenvalue weighted by molar-refractivity contribution is 7.10. The molecule has 1 fully saturated rings. The number of piperidine rings is 1. The Bertz CT molecular complexity index is 372. The Labute approximate surface area is 118 Å². The van der Waals surface area contributed by atoms with Gasteiger partial charge in [0.05, 0.1) is 25.7 Å². The minimum Gasteiger partial charge on any atom is -0.382 e. The van der Waals surface area contributed by atoms with Crippen molar-refractivity contribution < 1.29 is 14.3 Å². The van der Waals surface area contributed by atoms with Crippen molar-refractivity contribution in [1.82, 2.24) is 4.90 Å². The first-order valence-electron chi connectivity index (χ1n) is 6.70. The Morgan fingerprint density at radius 1 is 1.42 bits per heavy atom. The highest BCUT2D eigenvalue weighted by Gasteiger charge is 2.23. The summed E-state index contributed by atoms with van der Waals surface area (Å²) in [6.07, 6.45) is 2.67. The molecular weight excluding hydrogens is 262 g/mol. The molecule has 0 N–H and O–H groups in total. The highest BCUT2D eigenvalue weighted by Crippen LogP contribution is 2.16. The molecule has 2 heterocycles. The van der Waals surface area contributed by atoms with Gasteiger partial charge in [-0.25, -0.2) is 0 Å². The van der Waals surface area contributed by atoms with Crippen LogP contribution < -0.4 is 0 Å². The SMILES string of the molecule is COCCOC1CCN(C(=O)Cc2cccs2)CC1. The van der Waals surface area contributed by atoms with Crippen LogP contribution in [0.1, 0.15) is 17.7 Å². The first kappa shape index (κ1) is 14.5. The van der Waals surface area contributed by atoms with Gasteiger partial charge >= 0.3 is 0 Å². The van der Waals surface area contributed by atoms with E-state index in [1.54, 1.807) is 18.4 Å². The van der Waals surface area contributed by atoms with Gasteiger partial charge in [-0.2, -0.15) is 0 Å². The zero-order valence-electron chi connectivity index (χ0n) is 11.3. The average Bonchev–Trinajstić information content (AvgIpc) is 2.93. The average molecular weight is 283 g/mol. The van der Waals surface area contributed by atoms with Crippen molar-refractivity contribution in [2.45, 2.75) is 25.4 Å². The summed E-state index contributed by atoms with van der Waals surface area (Å²) >= 11 is 1.64. The van der Waals surface area contributed by atoms with Crippen molar-refractivity contribution >= 4 is 17.2 Å². The second-order valence-corrected chi connectivity index (χ2v) is 5.73. The third-order valence-corrected chi connectivity index (χ3v) is 4.22. The van der Waals surface area contributed by atoms with E-state index in [2.05, 4.69) is 0 Å². The molecule has 1 saturated heterocycles. The fourth-order valence-corrected chi connectivity index (χ4v) is 2.94. The molecule has 0 radical (unpaired) electrons. The number of amides is 1. The number of methoxy groups -OCH3 is 1. The van der Waals surface area contributed by atoms with E-state index in [-0.39, 0.29) is 12.0 Å². The van der Waals surface area contributed by atoms with E-state index in [0.717, 1.165) is 30.8 Å². The van der Waals surface area contributed by atoms with Crippen LogP contribution in [0, 0.1) is 0 Å². The van der Waals surface area contributed by atoms with Crippen molar-refractivity contribution in [2.24, 2.45) is 0 Å². The van der Waals surface area contributed by atoms with E-state index in [1.807, 2.05) is 22.4 Å². The molecule has 1 amide bonds. The third-order valence-electron chi connectivity index (χ3n) is 3.34. The van der Waals surface area contributed by atoms with Crippen LogP contribution >= 0.6 is 11.3 Å². The normalized spacial score (nSPS) is 16.8. The number of hydrogen-bond acceptors (Lipinski definition) is 4. The largest absolute Gasteiger partial charge is 0.382 e. The van der Waals surface area contributed by atoms with Crippen LogP contribution in [0.5, 0.6) is 0 Å². The maximum Gasteiger partial charge on any atom is 0.227 e. The lowest BCUT2D eigenvalue weighted by Crippen LogP contribution is -2.41. The minimum atomic E-state index is 0.234. The van der Waals surface area contributed by atoms with Gasteiger partial charge in [0, 0.05) is 25.1 Å². The molecule has 0 bridgehead atoms. The number of carbonyl (C=O) groups excluding carboxylic acids is 1.